The largest absolute Gasteiger partial charge is 0.310 e. The lowest BCUT2D eigenvalue weighted by Crippen LogP contribution is -2.47. The molecule has 1 N–H and O–H groups in total. The van der Waals surface area contributed by atoms with Crippen LogP contribution in [0.1, 0.15) is 40.0 Å². The first-order chi connectivity index (χ1) is 7.68. The molecule has 1 unspecified atom stereocenters. The first-order valence-electron chi connectivity index (χ1n) is 6.01. The fourth-order valence-corrected chi connectivity index (χ4v) is 4.21. The van der Waals surface area contributed by atoms with Gasteiger partial charge >= 0.3 is 0 Å². The lowest BCUT2D eigenvalue weighted by molar-refractivity contribution is 0.268. The number of nitrogens with one attached hydrogen (secondary N) is 1. The molecule has 1 saturated heterocycles. The van der Waals surface area contributed by atoms with E-state index in [0.29, 0.717) is 12.8 Å². The molecule has 0 aromatic carbocycles. The molecule has 0 bridgehead atoms. The van der Waals surface area contributed by atoms with E-state index in [1.165, 1.54) is 0 Å². The van der Waals surface area contributed by atoms with Gasteiger partial charge in [-0.25, -0.2) is 8.42 Å². The van der Waals surface area contributed by atoms with Crippen LogP contribution < -0.4 is 5.32 Å². The highest BCUT2D eigenvalue weighted by Crippen LogP contribution is 2.26. The summed E-state index contributed by atoms with van der Waals surface area (Å²) in [6.45, 7) is 6.92. The van der Waals surface area contributed by atoms with Crippen LogP contribution in [-0.4, -0.2) is 32.0 Å². The predicted octanol–water partition coefficient (Wildman–Crippen LogP) is 1.48. The van der Waals surface area contributed by atoms with Crippen LogP contribution >= 0.6 is 0 Å². The summed E-state index contributed by atoms with van der Waals surface area (Å²) in [5, 5.41) is 12.0. The van der Waals surface area contributed by atoms with Crippen LogP contribution in [0.15, 0.2) is 0 Å². The van der Waals surface area contributed by atoms with Gasteiger partial charge in [-0.2, -0.15) is 5.26 Å². The first-order valence-corrected chi connectivity index (χ1v) is 7.83. The Morgan fingerprint density at radius 1 is 1.47 bits per heavy atom. The molecule has 0 radical (unpaired) electrons. The average Bonchev–Trinajstić information content (AvgIpc) is 2.49. The molecule has 1 atom stereocenters. The van der Waals surface area contributed by atoms with Gasteiger partial charge in [0, 0.05) is 18.5 Å². The third-order valence-electron chi connectivity index (χ3n) is 3.41. The van der Waals surface area contributed by atoms with Gasteiger partial charge in [0.25, 0.3) is 0 Å². The van der Waals surface area contributed by atoms with E-state index >= 15 is 0 Å². The number of nitrogens with zero attached hydrogens (tertiary/aromatic N) is 1. The Morgan fingerprint density at radius 3 is 2.59 bits per heavy atom. The van der Waals surface area contributed by atoms with Crippen molar-refractivity contribution in [2.45, 2.75) is 45.6 Å². The topological polar surface area (TPSA) is 70.0 Å². The van der Waals surface area contributed by atoms with Crippen molar-refractivity contribution >= 4 is 9.84 Å². The molecule has 1 fully saturated rings. The molecule has 1 heterocycles. The van der Waals surface area contributed by atoms with Gasteiger partial charge in [0.2, 0.25) is 0 Å². The van der Waals surface area contributed by atoms with E-state index < -0.39 is 9.84 Å². The Morgan fingerprint density at radius 2 is 2.12 bits per heavy atom. The predicted molar refractivity (Wildman–Crippen MR) is 68.3 cm³/mol. The maximum Gasteiger partial charge on any atom is 0.152 e. The lowest BCUT2D eigenvalue weighted by Gasteiger charge is -2.31. The van der Waals surface area contributed by atoms with E-state index in [0.717, 1.165) is 13.0 Å². The second-order valence-electron chi connectivity index (χ2n) is 6.08. The SMILES string of the molecule is CC(C)(CCC#N)CNC1(C)CCS(=O)(=O)C1. The van der Waals surface area contributed by atoms with Crippen molar-refractivity contribution in [1.29, 1.82) is 5.26 Å². The third kappa shape index (κ3) is 4.64. The van der Waals surface area contributed by atoms with Gasteiger partial charge < -0.3 is 5.32 Å². The second kappa shape index (κ2) is 4.95. The molecule has 1 aliphatic rings. The molecule has 0 saturated carbocycles. The molecule has 4 nitrogen and oxygen atoms in total. The minimum absolute atomic E-state index is 0.0328. The van der Waals surface area contributed by atoms with Crippen LogP contribution in [0.25, 0.3) is 0 Å². The van der Waals surface area contributed by atoms with E-state index in [2.05, 4.69) is 25.2 Å². The summed E-state index contributed by atoms with van der Waals surface area (Å²) >= 11 is 0. The standard InChI is InChI=1S/C12H22N2O2S/c1-11(2,5-4-7-13)9-14-12(3)6-8-17(15,16)10-12/h14H,4-6,8-10H2,1-3H3. The Hall–Kier alpha value is -0.600. The summed E-state index contributed by atoms with van der Waals surface area (Å²) in [4.78, 5) is 0. The lowest BCUT2D eigenvalue weighted by atomic mass is 9.86. The van der Waals surface area contributed by atoms with Crippen molar-refractivity contribution < 1.29 is 8.42 Å². The van der Waals surface area contributed by atoms with Gasteiger partial charge in [-0.15, -0.1) is 0 Å². The molecule has 0 spiro atoms. The number of rotatable bonds is 5. The maximum absolute atomic E-state index is 11.5. The molecule has 0 aromatic heterocycles. The third-order valence-corrected chi connectivity index (χ3v) is 5.31. The summed E-state index contributed by atoms with van der Waals surface area (Å²) in [5.74, 6) is 0.517. The van der Waals surface area contributed by atoms with Gasteiger partial charge in [-0.05, 0) is 25.2 Å². The van der Waals surface area contributed by atoms with Gasteiger partial charge in [0.1, 0.15) is 0 Å². The Kier molecular flexibility index (Phi) is 4.21. The number of hydrogen-bond donors (Lipinski definition) is 1. The normalized spacial score (nSPS) is 27.9. The van der Waals surface area contributed by atoms with Crippen molar-refractivity contribution in [3.05, 3.63) is 0 Å². The van der Waals surface area contributed by atoms with Gasteiger partial charge in [-0.1, -0.05) is 13.8 Å². The Bertz CT molecular complexity index is 409. The number of hydrogen-bond acceptors (Lipinski definition) is 4. The second-order valence-corrected chi connectivity index (χ2v) is 8.26. The fourth-order valence-electron chi connectivity index (χ4n) is 2.09. The zero-order chi connectivity index (χ0) is 13.2. The fraction of sp³-hybridized carbons (Fsp3) is 0.917. The Labute approximate surface area is 104 Å². The summed E-state index contributed by atoms with van der Waals surface area (Å²) < 4.78 is 22.9. The van der Waals surface area contributed by atoms with Crippen LogP contribution in [0.5, 0.6) is 0 Å². The van der Waals surface area contributed by atoms with E-state index in [4.69, 9.17) is 5.26 Å². The Balaban J connectivity index is 2.48. The zero-order valence-electron chi connectivity index (χ0n) is 10.9. The molecular formula is C12H22N2O2S. The van der Waals surface area contributed by atoms with Crippen LogP contribution in [0.2, 0.25) is 0 Å². The van der Waals surface area contributed by atoms with E-state index in [1.807, 2.05) is 6.92 Å². The first kappa shape index (κ1) is 14.5. The van der Waals surface area contributed by atoms with Crippen LogP contribution in [0.3, 0.4) is 0 Å². The maximum atomic E-state index is 11.5. The molecule has 0 amide bonds. The number of nitriles is 1. The number of sulfone groups is 1. The van der Waals surface area contributed by atoms with Crippen molar-refractivity contribution in [1.82, 2.24) is 5.32 Å². The quantitative estimate of drug-likeness (QED) is 0.811. The monoisotopic (exact) mass is 258 g/mol. The summed E-state index contributed by atoms with van der Waals surface area (Å²) in [6.07, 6.45) is 2.06. The summed E-state index contributed by atoms with van der Waals surface area (Å²) in [6, 6.07) is 2.15. The van der Waals surface area contributed by atoms with E-state index in [1.54, 1.807) is 0 Å². The van der Waals surface area contributed by atoms with Crippen LogP contribution in [0, 0.1) is 16.7 Å². The van der Waals surface area contributed by atoms with Crippen molar-refractivity contribution in [2.24, 2.45) is 5.41 Å². The van der Waals surface area contributed by atoms with Gasteiger partial charge in [0.05, 0.1) is 17.6 Å². The minimum Gasteiger partial charge on any atom is -0.310 e. The van der Waals surface area contributed by atoms with Crippen molar-refractivity contribution in [3.8, 4) is 6.07 Å². The highest BCUT2D eigenvalue weighted by molar-refractivity contribution is 7.91. The van der Waals surface area contributed by atoms with Crippen molar-refractivity contribution in [3.63, 3.8) is 0 Å². The van der Waals surface area contributed by atoms with E-state index in [-0.39, 0.29) is 22.5 Å². The van der Waals surface area contributed by atoms with Gasteiger partial charge in [0.15, 0.2) is 9.84 Å². The minimum atomic E-state index is -2.85. The molecule has 98 valence electrons. The molecular weight excluding hydrogens is 236 g/mol. The molecule has 0 aromatic rings. The van der Waals surface area contributed by atoms with Crippen molar-refractivity contribution in [2.75, 3.05) is 18.1 Å². The molecule has 5 heteroatoms. The van der Waals surface area contributed by atoms with E-state index in [9.17, 15) is 8.42 Å². The van der Waals surface area contributed by atoms with Crippen LogP contribution in [0.4, 0.5) is 0 Å². The highest BCUT2D eigenvalue weighted by Gasteiger charge is 2.38. The molecule has 0 aliphatic carbocycles. The molecule has 1 aliphatic heterocycles. The smallest absolute Gasteiger partial charge is 0.152 e. The molecule has 17 heavy (non-hydrogen) atoms. The van der Waals surface area contributed by atoms with Crippen LogP contribution in [-0.2, 0) is 9.84 Å². The van der Waals surface area contributed by atoms with Gasteiger partial charge in [-0.3, -0.25) is 0 Å². The summed E-state index contributed by atoms with van der Waals surface area (Å²) in [5.41, 5.74) is -0.256. The highest BCUT2D eigenvalue weighted by atomic mass is 32.2. The average molecular weight is 258 g/mol. The summed E-state index contributed by atoms with van der Waals surface area (Å²) in [7, 11) is -2.85. The zero-order valence-corrected chi connectivity index (χ0v) is 11.7. The molecule has 1 rings (SSSR count).